The van der Waals surface area contributed by atoms with Gasteiger partial charge in [-0.05, 0) is 48.4 Å². The van der Waals surface area contributed by atoms with Gasteiger partial charge in [-0.3, -0.25) is 9.59 Å². The lowest BCUT2D eigenvalue weighted by molar-refractivity contribution is 0.100. The molecule has 0 aliphatic rings. The van der Waals surface area contributed by atoms with Gasteiger partial charge in [-0.2, -0.15) is 0 Å². The molecule has 0 fully saturated rings. The monoisotopic (exact) mass is 354 g/mol. The number of primary amides is 1. The summed E-state index contributed by atoms with van der Waals surface area (Å²) < 4.78 is 13.1. The molecule has 2 amide bonds. The summed E-state index contributed by atoms with van der Waals surface area (Å²) in [6.07, 6.45) is 0. The molecule has 0 unspecified atom stereocenters. The first-order valence-corrected chi connectivity index (χ1v) is 8.34. The molecule has 3 aromatic rings. The van der Waals surface area contributed by atoms with Gasteiger partial charge in [0.15, 0.2) is 0 Å². The first kappa shape index (κ1) is 16.9. The molecule has 0 bridgehead atoms. The van der Waals surface area contributed by atoms with E-state index >= 15 is 0 Å². The molecule has 3 N–H and O–H groups in total. The van der Waals surface area contributed by atoms with Crippen LogP contribution in [0.15, 0.2) is 54.6 Å². The lowest BCUT2D eigenvalue weighted by atomic mass is 10.1. The summed E-state index contributed by atoms with van der Waals surface area (Å²) in [4.78, 5) is 25.4. The minimum Gasteiger partial charge on any atom is -0.366 e. The van der Waals surface area contributed by atoms with Gasteiger partial charge >= 0.3 is 0 Å². The van der Waals surface area contributed by atoms with Crippen LogP contribution in [0.2, 0.25) is 0 Å². The van der Waals surface area contributed by atoms with Crippen molar-refractivity contribution in [3.05, 3.63) is 76.4 Å². The summed E-state index contributed by atoms with van der Waals surface area (Å²) in [5.41, 5.74) is 7.72. The Bertz CT molecular complexity index is 948. The minimum absolute atomic E-state index is 0.253. The van der Waals surface area contributed by atoms with E-state index in [-0.39, 0.29) is 17.3 Å². The predicted molar refractivity (Wildman–Crippen MR) is 97.4 cm³/mol. The standard InChI is InChI=1S/C19H15FN2O2S/c1-11-10-16(25-17(11)12-6-8-13(20)9-7-12)19(24)22-15-5-3-2-4-14(15)18(21)23/h2-10H,1H3,(H2,21,23)(H,22,24). The first-order valence-electron chi connectivity index (χ1n) is 7.52. The molecule has 0 spiro atoms. The maximum Gasteiger partial charge on any atom is 0.265 e. The van der Waals surface area contributed by atoms with E-state index in [1.165, 1.54) is 23.5 Å². The molecule has 3 rings (SSSR count). The van der Waals surface area contributed by atoms with E-state index in [0.717, 1.165) is 16.0 Å². The van der Waals surface area contributed by atoms with E-state index in [9.17, 15) is 14.0 Å². The van der Waals surface area contributed by atoms with Crippen molar-refractivity contribution in [2.75, 3.05) is 5.32 Å². The van der Waals surface area contributed by atoms with Crippen molar-refractivity contribution in [1.29, 1.82) is 0 Å². The van der Waals surface area contributed by atoms with E-state index in [2.05, 4.69) is 5.32 Å². The predicted octanol–water partition coefficient (Wildman–Crippen LogP) is 4.21. The van der Waals surface area contributed by atoms with Crippen LogP contribution in [-0.2, 0) is 0 Å². The molecule has 126 valence electrons. The summed E-state index contributed by atoms with van der Waals surface area (Å²) in [5, 5.41) is 2.72. The van der Waals surface area contributed by atoms with Crippen LogP contribution >= 0.6 is 11.3 Å². The number of para-hydroxylation sites is 1. The lowest BCUT2D eigenvalue weighted by Gasteiger charge is -2.07. The number of aryl methyl sites for hydroxylation is 1. The Balaban J connectivity index is 1.88. The third-order valence-electron chi connectivity index (χ3n) is 3.69. The Kier molecular flexibility index (Phi) is 4.63. The van der Waals surface area contributed by atoms with Gasteiger partial charge in [0.25, 0.3) is 11.8 Å². The molecule has 0 saturated carbocycles. The average Bonchev–Trinajstić information content (AvgIpc) is 2.98. The number of hydrogen-bond donors (Lipinski definition) is 2. The highest BCUT2D eigenvalue weighted by atomic mass is 32.1. The first-order chi connectivity index (χ1) is 12.0. The molecule has 0 radical (unpaired) electrons. The molecule has 1 aromatic heterocycles. The topological polar surface area (TPSA) is 72.2 Å². The number of amides is 2. The van der Waals surface area contributed by atoms with Gasteiger partial charge in [-0.15, -0.1) is 11.3 Å². The molecule has 1 heterocycles. The highest BCUT2D eigenvalue weighted by Crippen LogP contribution is 2.33. The number of benzene rings is 2. The zero-order valence-corrected chi connectivity index (χ0v) is 14.2. The number of hydrogen-bond acceptors (Lipinski definition) is 3. The molecule has 0 aliphatic heterocycles. The second-order valence-electron chi connectivity index (χ2n) is 5.49. The Morgan fingerprint density at radius 3 is 2.44 bits per heavy atom. The van der Waals surface area contributed by atoms with Crippen LogP contribution in [0.5, 0.6) is 0 Å². The van der Waals surface area contributed by atoms with E-state index < -0.39 is 5.91 Å². The van der Waals surface area contributed by atoms with Crippen molar-refractivity contribution in [2.45, 2.75) is 6.92 Å². The molecule has 6 heteroatoms. The SMILES string of the molecule is Cc1cc(C(=O)Nc2ccccc2C(N)=O)sc1-c1ccc(F)cc1. The van der Waals surface area contributed by atoms with Crippen molar-refractivity contribution in [3.8, 4) is 10.4 Å². The van der Waals surface area contributed by atoms with Crippen molar-refractivity contribution in [3.63, 3.8) is 0 Å². The molecule has 4 nitrogen and oxygen atoms in total. The van der Waals surface area contributed by atoms with Gasteiger partial charge < -0.3 is 11.1 Å². The Hall–Kier alpha value is -2.99. The van der Waals surface area contributed by atoms with E-state index in [4.69, 9.17) is 5.73 Å². The Morgan fingerprint density at radius 1 is 1.08 bits per heavy atom. The fraction of sp³-hybridized carbons (Fsp3) is 0.0526. The normalized spacial score (nSPS) is 10.5. The lowest BCUT2D eigenvalue weighted by Crippen LogP contribution is -2.17. The van der Waals surface area contributed by atoms with Crippen molar-refractivity contribution < 1.29 is 14.0 Å². The third kappa shape index (κ3) is 3.59. The number of halogens is 1. The zero-order valence-electron chi connectivity index (χ0n) is 13.4. The quantitative estimate of drug-likeness (QED) is 0.736. The van der Waals surface area contributed by atoms with Gasteiger partial charge in [0.2, 0.25) is 0 Å². The van der Waals surface area contributed by atoms with Crippen LogP contribution in [0.4, 0.5) is 10.1 Å². The van der Waals surface area contributed by atoms with Crippen molar-refractivity contribution >= 4 is 28.8 Å². The van der Waals surface area contributed by atoms with Crippen LogP contribution in [-0.4, -0.2) is 11.8 Å². The number of thiophene rings is 1. The van der Waals surface area contributed by atoms with Crippen molar-refractivity contribution in [2.24, 2.45) is 5.73 Å². The second-order valence-corrected chi connectivity index (χ2v) is 6.55. The number of nitrogens with one attached hydrogen (secondary N) is 1. The van der Waals surface area contributed by atoms with Crippen LogP contribution in [0.25, 0.3) is 10.4 Å². The summed E-state index contributed by atoms with van der Waals surface area (Å²) in [6, 6.07) is 14.5. The van der Waals surface area contributed by atoms with Crippen LogP contribution in [0.3, 0.4) is 0 Å². The largest absolute Gasteiger partial charge is 0.366 e. The highest BCUT2D eigenvalue weighted by Gasteiger charge is 2.16. The highest BCUT2D eigenvalue weighted by molar-refractivity contribution is 7.17. The van der Waals surface area contributed by atoms with Gasteiger partial charge in [0.1, 0.15) is 5.82 Å². The fourth-order valence-corrected chi connectivity index (χ4v) is 3.55. The Morgan fingerprint density at radius 2 is 1.76 bits per heavy atom. The molecule has 0 atom stereocenters. The van der Waals surface area contributed by atoms with Crippen LogP contribution in [0.1, 0.15) is 25.6 Å². The molecule has 25 heavy (non-hydrogen) atoms. The average molecular weight is 354 g/mol. The maximum atomic E-state index is 13.1. The molecular weight excluding hydrogens is 339 g/mol. The number of nitrogens with two attached hydrogens (primary N) is 1. The zero-order chi connectivity index (χ0) is 18.0. The maximum absolute atomic E-state index is 13.1. The minimum atomic E-state index is -0.606. The smallest absolute Gasteiger partial charge is 0.265 e. The van der Waals surface area contributed by atoms with E-state index in [0.29, 0.717) is 10.6 Å². The fourth-order valence-electron chi connectivity index (χ4n) is 2.47. The van der Waals surface area contributed by atoms with E-state index in [1.807, 2.05) is 6.92 Å². The number of rotatable bonds is 4. The molecule has 0 aliphatic carbocycles. The number of carbonyl (C=O) groups excluding carboxylic acids is 2. The van der Waals surface area contributed by atoms with Crippen LogP contribution < -0.4 is 11.1 Å². The molecule has 0 saturated heterocycles. The summed E-state index contributed by atoms with van der Waals surface area (Å²) in [6.45, 7) is 1.89. The molecular formula is C19H15FN2O2S. The second kappa shape index (κ2) is 6.86. The number of anilines is 1. The summed E-state index contributed by atoms with van der Waals surface area (Å²) >= 11 is 1.31. The van der Waals surface area contributed by atoms with E-state index in [1.54, 1.807) is 42.5 Å². The van der Waals surface area contributed by atoms with Crippen LogP contribution in [0, 0.1) is 12.7 Å². The summed E-state index contributed by atoms with van der Waals surface area (Å²) in [5.74, 6) is -1.24. The van der Waals surface area contributed by atoms with Gasteiger partial charge in [0.05, 0.1) is 16.1 Å². The Labute approximate surface area is 148 Å². The van der Waals surface area contributed by atoms with Gasteiger partial charge in [-0.1, -0.05) is 24.3 Å². The molecule has 2 aromatic carbocycles. The van der Waals surface area contributed by atoms with Gasteiger partial charge in [0, 0.05) is 4.88 Å². The summed E-state index contributed by atoms with van der Waals surface area (Å²) in [7, 11) is 0. The number of carbonyl (C=O) groups is 2. The van der Waals surface area contributed by atoms with Gasteiger partial charge in [-0.25, -0.2) is 4.39 Å². The third-order valence-corrected chi connectivity index (χ3v) is 4.97. The van der Waals surface area contributed by atoms with Crippen molar-refractivity contribution in [1.82, 2.24) is 0 Å².